The predicted octanol–water partition coefficient (Wildman–Crippen LogP) is 2.43. The Labute approximate surface area is 130 Å². The third-order valence-electron chi connectivity index (χ3n) is 3.97. The molecule has 5 heteroatoms. The van der Waals surface area contributed by atoms with Gasteiger partial charge in [0.15, 0.2) is 6.10 Å². The summed E-state index contributed by atoms with van der Waals surface area (Å²) in [7, 11) is 0. The van der Waals surface area contributed by atoms with Crippen LogP contribution < -0.4 is 4.74 Å². The third kappa shape index (κ3) is 2.95. The summed E-state index contributed by atoms with van der Waals surface area (Å²) in [6.45, 7) is 6.50. The molecule has 1 N–H and O–H groups in total. The number of carbonyl (C=O) groups excluding carboxylic acids is 1. The number of nitrogens with zero attached hydrogens (tertiary/aromatic N) is 1. The summed E-state index contributed by atoms with van der Waals surface area (Å²) in [6, 6.07) is 7.87. The first-order valence-corrected chi connectivity index (χ1v) is 7.76. The lowest BCUT2D eigenvalue weighted by Gasteiger charge is -2.32. The summed E-state index contributed by atoms with van der Waals surface area (Å²) in [5.41, 5.74) is 0.933. The smallest absolute Gasteiger partial charge is 0.264 e. The number of benzene rings is 1. The lowest BCUT2D eigenvalue weighted by molar-refractivity contribution is -0.144. The molecule has 0 radical (unpaired) electrons. The molecule has 0 spiro atoms. The van der Waals surface area contributed by atoms with Gasteiger partial charge in [0.25, 0.3) is 5.91 Å². The largest absolute Gasteiger partial charge is 0.478 e. The second kappa shape index (κ2) is 6.40. The fourth-order valence-corrected chi connectivity index (χ4v) is 2.73. The molecular weight excluding hydrogens is 280 g/mol. The van der Waals surface area contributed by atoms with E-state index in [2.05, 4.69) is 4.98 Å². The highest BCUT2D eigenvalue weighted by molar-refractivity contribution is 5.86. The van der Waals surface area contributed by atoms with Gasteiger partial charge in [-0.05, 0) is 18.1 Å². The van der Waals surface area contributed by atoms with E-state index < -0.39 is 6.10 Å². The second-order valence-corrected chi connectivity index (χ2v) is 5.92. The molecule has 3 rings (SSSR count). The molecule has 0 saturated carbocycles. The van der Waals surface area contributed by atoms with Gasteiger partial charge in [0.05, 0.1) is 18.7 Å². The molecule has 22 heavy (non-hydrogen) atoms. The highest BCUT2D eigenvalue weighted by atomic mass is 16.5. The van der Waals surface area contributed by atoms with E-state index in [1.807, 2.05) is 49.2 Å². The Bertz CT molecular complexity index is 644. The molecule has 1 amide bonds. The molecule has 0 unspecified atom stereocenters. The SMILES string of the molecule is CC(C)[C@@H](Oc1cccc2cc[nH]c12)C(=O)N1CCOCC1. The van der Waals surface area contributed by atoms with Gasteiger partial charge in [-0.2, -0.15) is 0 Å². The van der Waals surface area contributed by atoms with E-state index in [-0.39, 0.29) is 11.8 Å². The van der Waals surface area contributed by atoms with Gasteiger partial charge in [0, 0.05) is 24.7 Å². The number of morpholine rings is 1. The monoisotopic (exact) mass is 302 g/mol. The van der Waals surface area contributed by atoms with Gasteiger partial charge in [-0.15, -0.1) is 0 Å². The Morgan fingerprint density at radius 3 is 2.77 bits per heavy atom. The normalized spacial score (nSPS) is 17.0. The molecule has 1 aliphatic rings. The number of carbonyl (C=O) groups is 1. The maximum atomic E-state index is 12.8. The lowest BCUT2D eigenvalue weighted by atomic mass is 10.1. The van der Waals surface area contributed by atoms with Crippen LogP contribution in [0.25, 0.3) is 10.9 Å². The zero-order valence-corrected chi connectivity index (χ0v) is 13.0. The average Bonchev–Trinajstić information content (AvgIpc) is 3.02. The first-order chi connectivity index (χ1) is 10.7. The number of fused-ring (bicyclic) bond motifs is 1. The van der Waals surface area contributed by atoms with E-state index in [4.69, 9.17) is 9.47 Å². The van der Waals surface area contributed by atoms with Crippen LogP contribution in [0.2, 0.25) is 0 Å². The quantitative estimate of drug-likeness (QED) is 0.943. The Balaban J connectivity index is 1.82. The Morgan fingerprint density at radius 1 is 1.27 bits per heavy atom. The van der Waals surface area contributed by atoms with Gasteiger partial charge in [0.2, 0.25) is 0 Å². The standard InChI is InChI=1S/C17H22N2O3/c1-12(2)16(17(20)19-8-10-21-11-9-19)22-14-5-3-4-13-6-7-18-15(13)14/h3-7,12,16,18H,8-11H2,1-2H3/t16-/m1/s1. The fourth-order valence-electron chi connectivity index (χ4n) is 2.73. The van der Waals surface area contributed by atoms with E-state index in [0.29, 0.717) is 26.3 Å². The maximum absolute atomic E-state index is 12.8. The molecule has 118 valence electrons. The van der Waals surface area contributed by atoms with Gasteiger partial charge in [-0.3, -0.25) is 4.79 Å². The van der Waals surface area contributed by atoms with E-state index in [9.17, 15) is 4.79 Å². The van der Waals surface area contributed by atoms with Gasteiger partial charge >= 0.3 is 0 Å². The number of aromatic amines is 1. The minimum Gasteiger partial charge on any atom is -0.478 e. The van der Waals surface area contributed by atoms with Crippen LogP contribution in [0.5, 0.6) is 5.75 Å². The third-order valence-corrected chi connectivity index (χ3v) is 3.97. The number of aromatic nitrogens is 1. The maximum Gasteiger partial charge on any atom is 0.264 e. The minimum absolute atomic E-state index is 0.0434. The molecule has 2 heterocycles. The molecule has 2 aromatic rings. The number of hydrogen-bond donors (Lipinski definition) is 1. The van der Waals surface area contributed by atoms with Crippen molar-refractivity contribution in [2.45, 2.75) is 20.0 Å². The summed E-state index contributed by atoms with van der Waals surface area (Å²) in [5, 5.41) is 1.08. The van der Waals surface area contributed by atoms with Crippen LogP contribution in [-0.4, -0.2) is 48.2 Å². The van der Waals surface area contributed by atoms with Crippen LogP contribution in [0, 0.1) is 5.92 Å². The Kier molecular flexibility index (Phi) is 4.34. The van der Waals surface area contributed by atoms with Gasteiger partial charge in [0.1, 0.15) is 5.75 Å². The van der Waals surface area contributed by atoms with E-state index >= 15 is 0 Å². The van der Waals surface area contributed by atoms with Crippen LogP contribution in [0.3, 0.4) is 0 Å². The number of amides is 1. The summed E-state index contributed by atoms with van der Waals surface area (Å²) in [6.07, 6.45) is 1.40. The molecule has 0 aliphatic carbocycles. The highest BCUT2D eigenvalue weighted by Crippen LogP contribution is 2.26. The van der Waals surface area contributed by atoms with Crippen molar-refractivity contribution >= 4 is 16.8 Å². The fraction of sp³-hybridized carbons (Fsp3) is 0.471. The van der Waals surface area contributed by atoms with Crippen LogP contribution >= 0.6 is 0 Å². The van der Waals surface area contributed by atoms with Crippen molar-refractivity contribution in [3.63, 3.8) is 0 Å². The summed E-state index contributed by atoms with van der Waals surface area (Å²) in [5.74, 6) is 0.866. The number of hydrogen-bond acceptors (Lipinski definition) is 3. The van der Waals surface area contributed by atoms with Gasteiger partial charge in [-0.25, -0.2) is 0 Å². The van der Waals surface area contributed by atoms with Gasteiger partial charge in [-0.1, -0.05) is 26.0 Å². The van der Waals surface area contributed by atoms with Gasteiger partial charge < -0.3 is 19.4 Å². The topological polar surface area (TPSA) is 54.6 Å². The molecular formula is C17H22N2O3. The highest BCUT2D eigenvalue weighted by Gasteiger charge is 2.30. The lowest BCUT2D eigenvalue weighted by Crippen LogP contribution is -2.49. The number of H-pyrrole nitrogens is 1. The Hall–Kier alpha value is -2.01. The summed E-state index contributed by atoms with van der Waals surface area (Å²) >= 11 is 0. The Morgan fingerprint density at radius 2 is 2.05 bits per heavy atom. The number of nitrogens with one attached hydrogen (secondary N) is 1. The minimum atomic E-state index is -0.480. The summed E-state index contributed by atoms with van der Waals surface area (Å²) < 4.78 is 11.4. The number of rotatable bonds is 4. The van der Waals surface area contributed by atoms with Crippen molar-refractivity contribution in [1.82, 2.24) is 9.88 Å². The van der Waals surface area contributed by atoms with E-state index in [1.165, 1.54) is 0 Å². The van der Waals surface area contributed by atoms with E-state index in [1.54, 1.807) is 0 Å². The van der Waals surface area contributed by atoms with Crippen LogP contribution in [-0.2, 0) is 9.53 Å². The number of ether oxygens (including phenoxy) is 2. The van der Waals surface area contributed by atoms with Crippen molar-refractivity contribution in [1.29, 1.82) is 0 Å². The first-order valence-electron chi connectivity index (χ1n) is 7.76. The molecule has 0 bridgehead atoms. The van der Waals surface area contributed by atoms with Crippen molar-refractivity contribution in [3.05, 3.63) is 30.5 Å². The molecule has 1 fully saturated rings. The summed E-state index contributed by atoms with van der Waals surface area (Å²) in [4.78, 5) is 17.8. The van der Waals surface area contributed by atoms with Crippen molar-refractivity contribution in [2.24, 2.45) is 5.92 Å². The predicted molar refractivity (Wildman–Crippen MR) is 85.0 cm³/mol. The zero-order valence-electron chi connectivity index (χ0n) is 13.0. The number of para-hydroxylation sites is 1. The molecule has 1 aliphatic heterocycles. The van der Waals surface area contributed by atoms with Crippen LogP contribution in [0.1, 0.15) is 13.8 Å². The van der Waals surface area contributed by atoms with Crippen molar-refractivity contribution < 1.29 is 14.3 Å². The average molecular weight is 302 g/mol. The van der Waals surface area contributed by atoms with Crippen molar-refractivity contribution in [2.75, 3.05) is 26.3 Å². The first kappa shape index (κ1) is 14.9. The molecule has 1 aromatic carbocycles. The van der Waals surface area contributed by atoms with E-state index in [0.717, 1.165) is 16.7 Å². The van der Waals surface area contributed by atoms with Crippen molar-refractivity contribution in [3.8, 4) is 5.75 Å². The zero-order chi connectivity index (χ0) is 15.5. The molecule has 1 atom stereocenters. The molecule has 5 nitrogen and oxygen atoms in total. The second-order valence-electron chi connectivity index (χ2n) is 5.92. The molecule has 1 aromatic heterocycles. The van der Waals surface area contributed by atoms with Crippen LogP contribution in [0.4, 0.5) is 0 Å². The molecule has 1 saturated heterocycles. The van der Waals surface area contributed by atoms with Crippen LogP contribution in [0.15, 0.2) is 30.5 Å².